The Balaban J connectivity index is 2.02. The number of hydrogen-bond donors (Lipinski definition) is 3. The van der Waals surface area contributed by atoms with Crippen molar-refractivity contribution >= 4 is 35.0 Å². The molecule has 1 aromatic carbocycles. The molecule has 100 valence electrons. The van der Waals surface area contributed by atoms with Gasteiger partial charge in [0.05, 0.1) is 11.4 Å². The molecule has 0 aliphatic carbocycles. The lowest BCUT2D eigenvalue weighted by atomic mass is 10.1. The van der Waals surface area contributed by atoms with Gasteiger partial charge >= 0.3 is 0 Å². The van der Waals surface area contributed by atoms with Crippen molar-refractivity contribution in [2.24, 2.45) is 0 Å². The van der Waals surface area contributed by atoms with Gasteiger partial charge in [-0.05, 0) is 30.0 Å². The first kappa shape index (κ1) is 13.5. The lowest BCUT2D eigenvalue weighted by Gasteiger charge is -2.17. The Morgan fingerprint density at radius 2 is 2.05 bits per heavy atom. The molecule has 2 rings (SSSR count). The summed E-state index contributed by atoms with van der Waals surface area (Å²) in [5, 5.41) is 2.81. The Bertz CT molecular complexity index is 511. The lowest BCUT2D eigenvalue weighted by Crippen LogP contribution is -2.38. The Morgan fingerprint density at radius 3 is 2.63 bits per heavy atom. The van der Waals surface area contributed by atoms with Crippen LogP contribution in [0.1, 0.15) is 12.0 Å². The van der Waals surface area contributed by atoms with E-state index < -0.39 is 0 Å². The minimum Gasteiger partial charge on any atom is -0.325 e. The highest BCUT2D eigenvalue weighted by Gasteiger charge is 2.10. The summed E-state index contributed by atoms with van der Waals surface area (Å²) < 4.78 is 0. The van der Waals surface area contributed by atoms with Crippen LogP contribution < -0.4 is 16.2 Å². The van der Waals surface area contributed by atoms with Crippen molar-refractivity contribution in [3.8, 4) is 0 Å². The Kier molecular flexibility index (Phi) is 4.46. The molecule has 19 heavy (non-hydrogen) atoms. The van der Waals surface area contributed by atoms with Crippen molar-refractivity contribution in [2.75, 3.05) is 17.3 Å². The molecule has 0 saturated carbocycles. The first-order valence-corrected chi connectivity index (χ1v) is 7.22. The highest BCUT2D eigenvalue weighted by Crippen LogP contribution is 2.17. The van der Waals surface area contributed by atoms with Gasteiger partial charge in [0.1, 0.15) is 0 Å². The van der Waals surface area contributed by atoms with Crippen LogP contribution in [0, 0.1) is 0 Å². The van der Waals surface area contributed by atoms with Crippen LogP contribution in [0.3, 0.4) is 0 Å². The normalized spacial score (nSPS) is 14.2. The van der Waals surface area contributed by atoms with Crippen molar-refractivity contribution < 1.29 is 9.59 Å². The van der Waals surface area contributed by atoms with E-state index in [9.17, 15) is 9.59 Å². The van der Waals surface area contributed by atoms with E-state index in [-0.39, 0.29) is 11.8 Å². The van der Waals surface area contributed by atoms with Crippen LogP contribution in [-0.4, -0.2) is 23.8 Å². The molecular weight excluding hydrogens is 262 g/mol. The maximum absolute atomic E-state index is 11.4. The topological polar surface area (TPSA) is 70.2 Å². The summed E-state index contributed by atoms with van der Waals surface area (Å²) in [6.07, 6.45) is 4.09. The van der Waals surface area contributed by atoms with E-state index in [1.54, 1.807) is 0 Å². The summed E-state index contributed by atoms with van der Waals surface area (Å²) in [7, 11) is 0. The molecule has 0 fully saturated rings. The maximum Gasteiger partial charge on any atom is 0.242 e. The van der Waals surface area contributed by atoms with Crippen molar-refractivity contribution in [2.45, 2.75) is 6.42 Å². The minimum atomic E-state index is -0.0512. The molecular formula is C13H15N3O2S. The van der Waals surface area contributed by atoms with Gasteiger partial charge in [0, 0.05) is 12.1 Å². The molecule has 1 aliphatic heterocycles. The quantitative estimate of drug-likeness (QED) is 0.777. The van der Waals surface area contributed by atoms with Gasteiger partial charge in [0.2, 0.25) is 11.8 Å². The summed E-state index contributed by atoms with van der Waals surface area (Å²) >= 11 is 1.48. The maximum atomic E-state index is 11.4. The van der Waals surface area contributed by atoms with Crippen LogP contribution >= 0.6 is 11.8 Å². The van der Waals surface area contributed by atoms with E-state index in [2.05, 4.69) is 16.2 Å². The zero-order chi connectivity index (χ0) is 13.7. The molecule has 6 heteroatoms. The van der Waals surface area contributed by atoms with Gasteiger partial charge in [-0.3, -0.25) is 20.4 Å². The van der Waals surface area contributed by atoms with Crippen LogP contribution in [0.25, 0.3) is 5.70 Å². The minimum absolute atomic E-state index is 0.0116. The van der Waals surface area contributed by atoms with E-state index in [1.165, 1.54) is 11.8 Å². The zero-order valence-electron chi connectivity index (χ0n) is 10.5. The number of carbonyl (C=O) groups is 2. The molecule has 3 N–H and O–H groups in total. The largest absolute Gasteiger partial charge is 0.325 e. The molecule has 1 heterocycles. The fourth-order valence-electron chi connectivity index (χ4n) is 1.69. The number of hydrazine groups is 1. The molecule has 0 unspecified atom stereocenters. The third kappa shape index (κ3) is 3.75. The van der Waals surface area contributed by atoms with Gasteiger partial charge in [-0.2, -0.15) is 11.8 Å². The van der Waals surface area contributed by atoms with E-state index in [1.807, 2.05) is 36.6 Å². The van der Waals surface area contributed by atoms with Crippen LogP contribution in [0.15, 0.2) is 30.3 Å². The molecule has 2 amide bonds. The SMILES string of the molecule is CSCC(=O)Nc1ccc(C2=CCC(=O)NN2)cc1. The van der Waals surface area contributed by atoms with Crippen LogP contribution in [0.2, 0.25) is 0 Å². The van der Waals surface area contributed by atoms with Gasteiger partial charge < -0.3 is 5.32 Å². The molecule has 0 atom stereocenters. The molecule has 0 spiro atoms. The Hall–Kier alpha value is -1.95. The van der Waals surface area contributed by atoms with Crippen molar-refractivity contribution in [1.82, 2.24) is 10.9 Å². The number of thioether (sulfide) groups is 1. The van der Waals surface area contributed by atoms with Gasteiger partial charge in [-0.15, -0.1) is 0 Å². The molecule has 0 radical (unpaired) electrons. The van der Waals surface area contributed by atoms with E-state index in [4.69, 9.17) is 0 Å². The fraction of sp³-hybridized carbons (Fsp3) is 0.231. The zero-order valence-corrected chi connectivity index (χ0v) is 11.3. The molecule has 1 aliphatic rings. The summed E-state index contributed by atoms with van der Waals surface area (Å²) in [6.45, 7) is 0. The number of nitrogens with one attached hydrogen (secondary N) is 3. The van der Waals surface area contributed by atoms with Crippen molar-refractivity contribution in [3.05, 3.63) is 35.9 Å². The third-order valence-corrected chi connectivity index (χ3v) is 3.13. The van der Waals surface area contributed by atoms with Gasteiger partial charge in [-0.1, -0.05) is 12.1 Å². The third-order valence-electron chi connectivity index (χ3n) is 2.58. The van der Waals surface area contributed by atoms with E-state index >= 15 is 0 Å². The second kappa shape index (κ2) is 6.29. The molecule has 0 saturated heterocycles. The standard InChI is InChI=1S/C13H15N3O2S/c1-19-8-13(18)14-10-4-2-9(3-5-10)11-6-7-12(17)16-15-11/h2-6,15H,7-8H2,1H3,(H,14,18)(H,16,17). The second-order valence-electron chi connectivity index (χ2n) is 4.05. The first-order chi connectivity index (χ1) is 9.19. The van der Waals surface area contributed by atoms with E-state index in [0.29, 0.717) is 12.2 Å². The van der Waals surface area contributed by atoms with Gasteiger partial charge in [-0.25, -0.2) is 0 Å². The predicted octanol–water partition coefficient (Wildman–Crippen LogP) is 1.35. The Labute approximate surface area is 115 Å². The Morgan fingerprint density at radius 1 is 1.32 bits per heavy atom. The number of carbonyl (C=O) groups excluding carboxylic acids is 2. The smallest absolute Gasteiger partial charge is 0.242 e. The molecule has 5 nitrogen and oxygen atoms in total. The van der Waals surface area contributed by atoms with Crippen LogP contribution in [0.5, 0.6) is 0 Å². The highest BCUT2D eigenvalue weighted by molar-refractivity contribution is 7.99. The van der Waals surface area contributed by atoms with Crippen LogP contribution in [0.4, 0.5) is 5.69 Å². The second-order valence-corrected chi connectivity index (χ2v) is 4.92. The fourth-order valence-corrected chi connectivity index (χ4v) is 2.02. The number of benzene rings is 1. The molecule has 1 aromatic rings. The monoisotopic (exact) mass is 277 g/mol. The number of hydrogen-bond acceptors (Lipinski definition) is 4. The summed E-state index contributed by atoms with van der Waals surface area (Å²) in [6, 6.07) is 7.47. The van der Waals surface area contributed by atoms with Gasteiger partial charge in [0.15, 0.2) is 0 Å². The van der Waals surface area contributed by atoms with Crippen molar-refractivity contribution in [1.29, 1.82) is 0 Å². The van der Waals surface area contributed by atoms with Crippen LogP contribution in [-0.2, 0) is 9.59 Å². The summed E-state index contributed by atoms with van der Waals surface area (Å²) in [5.41, 5.74) is 7.99. The first-order valence-electron chi connectivity index (χ1n) is 5.83. The lowest BCUT2D eigenvalue weighted by molar-refractivity contribution is -0.121. The van der Waals surface area contributed by atoms with Crippen molar-refractivity contribution in [3.63, 3.8) is 0 Å². The van der Waals surface area contributed by atoms with E-state index in [0.717, 1.165) is 16.9 Å². The average Bonchev–Trinajstić information content (AvgIpc) is 2.41. The van der Waals surface area contributed by atoms with Gasteiger partial charge in [0.25, 0.3) is 0 Å². The summed E-state index contributed by atoms with van der Waals surface area (Å²) in [4.78, 5) is 22.4. The highest BCUT2D eigenvalue weighted by atomic mass is 32.2. The predicted molar refractivity (Wildman–Crippen MR) is 77.3 cm³/mol. The number of anilines is 1. The summed E-state index contributed by atoms with van der Waals surface area (Å²) in [5.74, 6) is 0.382. The number of amides is 2. The average molecular weight is 277 g/mol. The molecule has 0 aromatic heterocycles. The molecule has 0 bridgehead atoms. The number of rotatable bonds is 4.